The summed E-state index contributed by atoms with van der Waals surface area (Å²) in [5.41, 5.74) is 1.68. The molecule has 1 aliphatic rings. The normalized spacial score (nSPS) is 17.5. The van der Waals surface area contributed by atoms with Crippen molar-refractivity contribution in [2.45, 2.75) is 18.9 Å². The summed E-state index contributed by atoms with van der Waals surface area (Å²) in [6, 6.07) is 10.0. The molecule has 1 fully saturated rings. The Kier molecular flexibility index (Phi) is 7.07. The number of carbonyl (C=O) groups excluding carboxylic acids is 1. The van der Waals surface area contributed by atoms with Crippen molar-refractivity contribution in [3.05, 3.63) is 42.1 Å². The fourth-order valence-electron chi connectivity index (χ4n) is 2.79. The molecule has 0 radical (unpaired) electrons. The molecule has 22 heavy (non-hydrogen) atoms. The van der Waals surface area contributed by atoms with Gasteiger partial charge in [0.05, 0.1) is 5.52 Å². The number of hydrogen-bond acceptors (Lipinski definition) is 3. The van der Waals surface area contributed by atoms with Crippen LogP contribution in [0.5, 0.6) is 0 Å². The lowest BCUT2D eigenvalue weighted by atomic mass is 10.0. The SMILES string of the molecule is CNC1CCCN(C(=O)c2ccc3ncccc3c2)C1.Cl.Cl. The number of carbonyl (C=O) groups is 1. The van der Waals surface area contributed by atoms with Gasteiger partial charge in [-0.05, 0) is 44.2 Å². The number of rotatable bonds is 2. The van der Waals surface area contributed by atoms with Gasteiger partial charge < -0.3 is 10.2 Å². The Bertz CT molecular complexity index is 636. The van der Waals surface area contributed by atoms with Gasteiger partial charge in [0.1, 0.15) is 0 Å². The zero-order chi connectivity index (χ0) is 13.9. The molecule has 0 bridgehead atoms. The van der Waals surface area contributed by atoms with E-state index in [9.17, 15) is 4.79 Å². The third-order valence-corrected chi connectivity index (χ3v) is 3.97. The van der Waals surface area contributed by atoms with Crippen molar-refractivity contribution in [3.8, 4) is 0 Å². The summed E-state index contributed by atoms with van der Waals surface area (Å²) in [6.07, 6.45) is 3.97. The van der Waals surface area contributed by atoms with Crippen LogP contribution in [-0.4, -0.2) is 42.0 Å². The first-order valence-electron chi connectivity index (χ1n) is 7.09. The maximum Gasteiger partial charge on any atom is 0.253 e. The van der Waals surface area contributed by atoms with Crippen LogP contribution < -0.4 is 5.32 Å². The largest absolute Gasteiger partial charge is 0.337 e. The molecule has 1 aromatic heterocycles. The molecule has 1 atom stereocenters. The standard InChI is InChI=1S/C16H19N3O.2ClH/c1-17-14-5-3-9-19(11-14)16(20)13-6-7-15-12(10-13)4-2-8-18-15;;/h2,4,6-8,10,14,17H,3,5,9,11H2,1H3;2*1H. The van der Waals surface area contributed by atoms with Crippen LogP contribution in [0.3, 0.4) is 0 Å². The number of aromatic nitrogens is 1. The fourth-order valence-corrected chi connectivity index (χ4v) is 2.79. The molecule has 0 spiro atoms. The van der Waals surface area contributed by atoms with Gasteiger partial charge in [0.25, 0.3) is 5.91 Å². The van der Waals surface area contributed by atoms with E-state index >= 15 is 0 Å². The van der Waals surface area contributed by atoms with Gasteiger partial charge in [-0.3, -0.25) is 9.78 Å². The maximum atomic E-state index is 12.6. The minimum absolute atomic E-state index is 0. The Labute approximate surface area is 143 Å². The predicted octanol–water partition coefficient (Wildman–Crippen LogP) is 2.90. The van der Waals surface area contributed by atoms with E-state index in [2.05, 4.69) is 10.3 Å². The summed E-state index contributed by atoms with van der Waals surface area (Å²) in [4.78, 5) is 18.8. The van der Waals surface area contributed by atoms with Gasteiger partial charge in [-0.25, -0.2) is 0 Å². The van der Waals surface area contributed by atoms with Crippen LogP contribution in [0.15, 0.2) is 36.5 Å². The number of fused-ring (bicyclic) bond motifs is 1. The van der Waals surface area contributed by atoms with Gasteiger partial charge in [0.2, 0.25) is 0 Å². The molecule has 1 unspecified atom stereocenters. The first-order valence-corrected chi connectivity index (χ1v) is 7.09. The zero-order valence-corrected chi connectivity index (χ0v) is 14.1. The molecule has 0 saturated carbocycles. The monoisotopic (exact) mass is 341 g/mol. The molecular weight excluding hydrogens is 321 g/mol. The number of benzene rings is 1. The smallest absolute Gasteiger partial charge is 0.253 e. The summed E-state index contributed by atoms with van der Waals surface area (Å²) in [6.45, 7) is 1.64. The summed E-state index contributed by atoms with van der Waals surface area (Å²) in [5, 5.41) is 4.28. The molecule has 4 nitrogen and oxygen atoms in total. The van der Waals surface area contributed by atoms with Crippen LogP contribution in [0.1, 0.15) is 23.2 Å². The second-order valence-electron chi connectivity index (χ2n) is 5.29. The summed E-state index contributed by atoms with van der Waals surface area (Å²) in [7, 11) is 1.96. The van der Waals surface area contributed by atoms with Crippen LogP contribution in [0.25, 0.3) is 10.9 Å². The van der Waals surface area contributed by atoms with Gasteiger partial charge in [0, 0.05) is 36.3 Å². The Morgan fingerprint density at radius 1 is 1.32 bits per heavy atom. The van der Waals surface area contributed by atoms with E-state index in [0.717, 1.165) is 42.4 Å². The number of hydrogen-bond donors (Lipinski definition) is 1. The number of piperidine rings is 1. The van der Waals surface area contributed by atoms with E-state index in [4.69, 9.17) is 0 Å². The van der Waals surface area contributed by atoms with Crippen LogP contribution in [0.4, 0.5) is 0 Å². The Morgan fingerprint density at radius 2 is 2.14 bits per heavy atom. The highest BCUT2D eigenvalue weighted by atomic mass is 35.5. The molecule has 1 aliphatic heterocycles. The molecule has 0 aliphatic carbocycles. The highest BCUT2D eigenvalue weighted by Gasteiger charge is 2.23. The van der Waals surface area contributed by atoms with Crippen LogP contribution in [0, 0.1) is 0 Å². The topological polar surface area (TPSA) is 45.2 Å². The third kappa shape index (κ3) is 3.88. The van der Waals surface area contributed by atoms with E-state index in [-0.39, 0.29) is 30.7 Å². The van der Waals surface area contributed by atoms with Crippen molar-refractivity contribution in [2.24, 2.45) is 0 Å². The summed E-state index contributed by atoms with van der Waals surface area (Å²) >= 11 is 0. The van der Waals surface area contributed by atoms with Crippen LogP contribution >= 0.6 is 24.8 Å². The Morgan fingerprint density at radius 3 is 2.91 bits per heavy atom. The average molecular weight is 342 g/mol. The van der Waals surface area contributed by atoms with Crippen molar-refractivity contribution in [1.29, 1.82) is 0 Å². The number of nitrogens with zero attached hydrogens (tertiary/aromatic N) is 2. The van der Waals surface area contributed by atoms with E-state index in [1.165, 1.54) is 0 Å². The highest BCUT2D eigenvalue weighted by Crippen LogP contribution is 2.17. The van der Waals surface area contributed by atoms with Crippen molar-refractivity contribution in [3.63, 3.8) is 0 Å². The van der Waals surface area contributed by atoms with Crippen molar-refractivity contribution >= 4 is 41.6 Å². The number of nitrogens with one attached hydrogen (secondary N) is 1. The summed E-state index contributed by atoms with van der Waals surface area (Å²) in [5.74, 6) is 0.121. The molecule has 6 heteroatoms. The first kappa shape index (κ1) is 18.7. The molecule has 1 amide bonds. The maximum absolute atomic E-state index is 12.6. The number of halogens is 2. The minimum Gasteiger partial charge on any atom is -0.337 e. The zero-order valence-electron chi connectivity index (χ0n) is 12.5. The number of likely N-dealkylation sites (tertiary alicyclic amines) is 1. The predicted molar refractivity (Wildman–Crippen MR) is 94.2 cm³/mol. The molecule has 1 aromatic carbocycles. The number of pyridine rings is 1. The lowest BCUT2D eigenvalue weighted by Crippen LogP contribution is -2.46. The summed E-state index contributed by atoms with van der Waals surface area (Å²) < 4.78 is 0. The minimum atomic E-state index is 0. The van der Waals surface area contributed by atoms with Crippen LogP contribution in [-0.2, 0) is 0 Å². The van der Waals surface area contributed by atoms with E-state index in [0.29, 0.717) is 6.04 Å². The second-order valence-corrected chi connectivity index (χ2v) is 5.29. The second kappa shape index (κ2) is 8.32. The molecule has 2 aromatic rings. The van der Waals surface area contributed by atoms with Gasteiger partial charge >= 0.3 is 0 Å². The van der Waals surface area contributed by atoms with E-state index in [1.807, 2.05) is 42.3 Å². The van der Waals surface area contributed by atoms with Gasteiger partial charge in [0.15, 0.2) is 0 Å². The first-order chi connectivity index (χ1) is 9.78. The number of likely N-dealkylation sites (N-methyl/N-ethyl adjacent to an activating group) is 1. The molecule has 1 saturated heterocycles. The van der Waals surface area contributed by atoms with E-state index < -0.39 is 0 Å². The molecule has 3 rings (SSSR count). The third-order valence-electron chi connectivity index (χ3n) is 3.97. The number of amides is 1. The average Bonchev–Trinajstić information content (AvgIpc) is 2.53. The van der Waals surface area contributed by atoms with Crippen molar-refractivity contribution < 1.29 is 4.79 Å². The highest BCUT2D eigenvalue weighted by molar-refractivity contribution is 5.98. The van der Waals surface area contributed by atoms with Gasteiger partial charge in [-0.1, -0.05) is 6.07 Å². The quantitative estimate of drug-likeness (QED) is 0.913. The molecular formula is C16H21Cl2N3O. The van der Waals surface area contributed by atoms with Crippen LogP contribution in [0.2, 0.25) is 0 Å². The van der Waals surface area contributed by atoms with Gasteiger partial charge in [-0.15, -0.1) is 24.8 Å². The van der Waals surface area contributed by atoms with Crippen molar-refractivity contribution in [2.75, 3.05) is 20.1 Å². The lowest BCUT2D eigenvalue weighted by Gasteiger charge is -2.32. The fraction of sp³-hybridized carbons (Fsp3) is 0.375. The lowest BCUT2D eigenvalue weighted by molar-refractivity contribution is 0.0698. The Balaban J connectivity index is 0.00000121. The molecule has 2 heterocycles. The molecule has 1 N–H and O–H groups in total. The van der Waals surface area contributed by atoms with E-state index in [1.54, 1.807) is 6.20 Å². The van der Waals surface area contributed by atoms with Crippen molar-refractivity contribution in [1.82, 2.24) is 15.2 Å². The van der Waals surface area contributed by atoms with Gasteiger partial charge in [-0.2, -0.15) is 0 Å². The Hall–Kier alpha value is -1.36. The molecule has 120 valence electrons.